The highest BCUT2D eigenvalue weighted by molar-refractivity contribution is 6.32. The van der Waals surface area contributed by atoms with Crippen molar-refractivity contribution in [3.05, 3.63) is 28.3 Å². The van der Waals surface area contributed by atoms with Crippen LogP contribution in [0, 0.1) is 6.92 Å². The number of rotatable bonds is 4. The maximum Gasteiger partial charge on any atom is 0.138 e. The van der Waals surface area contributed by atoms with Crippen LogP contribution in [0.4, 0.5) is 0 Å². The number of ether oxygens (including phenoxy) is 1. The van der Waals surface area contributed by atoms with Gasteiger partial charge in [-0.1, -0.05) is 17.7 Å². The van der Waals surface area contributed by atoms with Crippen LogP contribution in [0.15, 0.2) is 12.1 Å². The summed E-state index contributed by atoms with van der Waals surface area (Å²) in [4.78, 5) is 0. The van der Waals surface area contributed by atoms with Crippen molar-refractivity contribution in [3.8, 4) is 5.75 Å². The predicted octanol–water partition coefficient (Wildman–Crippen LogP) is 1.91. The molecule has 0 radical (unpaired) electrons. The molecular formula is C11H16ClNO2. The molecule has 0 aliphatic heterocycles. The zero-order chi connectivity index (χ0) is 11.4. The monoisotopic (exact) mass is 229 g/mol. The van der Waals surface area contributed by atoms with Crippen LogP contribution in [0.1, 0.15) is 17.2 Å². The Balaban J connectivity index is 3.11. The Morgan fingerprint density at radius 3 is 2.73 bits per heavy atom. The highest BCUT2D eigenvalue weighted by Crippen LogP contribution is 2.33. The van der Waals surface area contributed by atoms with E-state index >= 15 is 0 Å². The van der Waals surface area contributed by atoms with E-state index in [9.17, 15) is 5.11 Å². The maximum absolute atomic E-state index is 9.84. The van der Waals surface area contributed by atoms with Crippen molar-refractivity contribution in [3.63, 3.8) is 0 Å². The van der Waals surface area contributed by atoms with Crippen molar-refractivity contribution in [1.82, 2.24) is 5.32 Å². The van der Waals surface area contributed by atoms with Crippen molar-refractivity contribution in [1.29, 1.82) is 0 Å². The molecule has 0 bridgehead atoms. The number of aliphatic hydroxyl groups is 1. The van der Waals surface area contributed by atoms with Crippen LogP contribution in [0.2, 0.25) is 5.02 Å². The molecule has 0 spiro atoms. The van der Waals surface area contributed by atoms with Gasteiger partial charge < -0.3 is 15.2 Å². The lowest BCUT2D eigenvalue weighted by Gasteiger charge is -2.15. The zero-order valence-corrected chi connectivity index (χ0v) is 9.93. The van der Waals surface area contributed by atoms with E-state index in [0.717, 1.165) is 5.56 Å². The van der Waals surface area contributed by atoms with Crippen molar-refractivity contribution in [2.45, 2.75) is 13.0 Å². The molecule has 0 aliphatic carbocycles. The second-order valence-electron chi connectivity index (χ2n) is 3.44. The van der Waals surface area contributed by atoms with E-state index in [1.165, 1.54) is 0 Å². The summed E-state index contributed by atoms with van der Waals surface area (Å²) < 4.78 is 5.13. The van der Waals surface area contributed by atoms with E-state index in [1.54, 1.807) is 14.2 Å². The molecule has 1 atom stereocenters. The minimum absolute atomic E-state index is 0.465. The zero-order valence-electron chi connectivity index (χ0n) is 9.17. The average molecular weight is 230 g/mol. The normalized spacial score (nSPS) is 12.6. The second-order valence-corrected chi connectivity index (χ2v) is 3.82. The van der Waals surface area contributed by atoms with Crippen LogP contribution in [-0.2, 0) is 0 Å². The Hall–Kier alpha value is -0.770. The van der Waals surface area contributed by atoms with Gasteiger partial charge in [0.1, 0.15) is 5.75 Å². The Labute approximate surface area is 95.0 Å². The fraction of sp³-hybridized carbons (Fsp3) is 0.455. The summed E-state index contributed by atoms with van der Waals surface area (Å²) in [7, 11) is 3.35. The largest absolute Gasteiger partial charge is 0.495 e. The number of methoxy groups -OCH3 is 1. The van der Waals surface area contributed by atoms with Gasteiger partial charge in [0, 0.05) is 12.1 Å². The van der Waals surface area contributed by atoms with Crippen molar-refractivity contribution < 1.29 is 9.84 Å². The highest BCUT2D eigenvalue weighted by Gasteiger charge is 2.14. The minimum Gasteiger partial charge on any atom is -0.495 e. The quantitative estimate of drug-likeness (QED) is 0.829. The summed E-state index contributed by atoms with van der Waals surface area (Å²) in [6, 6.07) is 3.71. The van der Waals surface area contributed by atoms with Gasteiger partial charge in [-0.2, -0.15) is 0 Å². The lowest BCUT2D eigenvalue weighted by atomic mass is 10.1. The van der Waals surface area contributed by atoms with Gasteiger partial charge in [-0.05, 0) is 25.6 Å². The highest BCUT2D eigenvalue weighted by atomic mass is 35.5. The number of hydrogen-bond donors (Lipinski definition) is 2. The molecule has 1 rings (SSSR count). The van der Waals surface area contributed by atoms with Crippen LogP contribution < -0.4 is 10.1 Å². The van der Waals surface area contributed by atoms with Gasteiger partial charge in [-0.25, -0.2) is 0 Å². The SMILES string of the molecule is CNCC(O)c1cc(C)cc(OC)c1Cl. The number of hydrogen-bond acceptors (Lipinski definition) is 3. The van der Waals surface area contributed by atoms with E-state index in [0.29, 0.717) is 22.9 Å². The lowest BCUT2D eigenvalue weighted by Crippen LogP contribution is -2.17. The van der Waals surface area contributed by atoms with E-state index in [-0.39, 0.29) is 0 Å². The number of aryl methyl sites for hydroxylation is 1. The summed E-state index contributed by atoms with van der Waals surface area (Å²) in [5.74, 6) is 0.599. The number of nitrogens with one attached hydrogen (secondary N) is 1. The van der Waals surface area contributed by atoms with E-state index in [4.69, 9.17) is 16.3 Å². The maximum atomic E-state index is 9.84. The molecule has 84 valence electrons. The van der Waals surface area contributed by atoms with E-state index < -0.39 is 6.10 Å². The second kappa shape index (κ2) is 5.35. The van der Waals surface area contributed by atoms with Gasteiger partial charge in [-0.15, -0.1) is 0 Å². The number of benzene rings is 1. The molecule has 0 saturated carbocycles. The summed E-state index contributed by atoms with van der Waals surface area (Å²) in [6.45, 7) is 2.40. The fourth-order valence-electron chi connectivity index (χ4n) is 1.46. The van der Waals surface area contributed by atoms with Crippen LogP contribution in [0.3, 0.4) is 0 Å². The third kappa shape index (κ3) is 2.84. The van der Waals surface area contributed by atoms with Gasteiger partial charge in [0.15, 0.2) is 0 Å². The molecule has 1 aromatic rings. The molecular weight excluding hydrogens is 214 g/mol. The fourth-order valence-corrected chi connectivity index (χ4v) is 1.77. The van der Waals surface area contributed by atoms with Gasteiger partial charge in [-0.3, -0.25) is 0 Å². The molecule has 15 heavy (non-hydrogen) atoms. The molecule has 2 N–H and O–H groups in total. The first-order valence-corrected chi connectivity index (χ1v) is 5.14. The smallest absolute Gasteiger partial charge is 0.138 e. The van der Waals surface area contributed by atoms with Crippen LogP contribution in [0.5, 0.6) is 5.75 Å². The first-order chi connectivity index (χ1) is 7.10. The lowest BCUT2D eigenvalue weighted by molar-refractivity contribution is 0.177. The summed E-state index contributed by atoms with van der Waals surface area (Å²) in [6.07, 6.45) is -0.615. The molecule has 0 amide bonds. The Morgan fingerprint density at radius 1 is 1.53 bits per heavy atom. The average Bonchev–Trinajstić information content (AvgIpc) is 2.21. The standard InChI is InChI=1S/C11H16ClNO2/c1-7-4-8(9(14)6-13-2)11(12)10(5-7)15-3/h4-5,9,13-14H,6H2,1-3H3. The molecule has 0 saturated heterocycles. The van der Waals surface area contributed by atoms with Crippen molar-refractivity contribution in [2.75, 3.05) is 20.7 Å². The minimum atomic E-state index is -0.615. The summed E-state index contributed by atoms with van der Waals surface area (Å²) in [5, 5.41) is 13.2. The molecule has 1 unspecified atom stereocenters. The van der Waals surface area contributed by atoms with Gasteiger partial charge in [0.2, 0.25) is 0 Å². The molecule has 4 heteroatoms. The summed E-state index contributed by atoms with van der Waals surface area (Å²) >= 11 is 6.10. The topological polar surface area (TPSA) is 41.5 Å². The Bertz CT molecular complexity index is 342. The first kappa shape index (κ1) is 12.3. The van der Waals surface area contributed by atoms with Gasteiger partial charge >= 0.3 is 0 Å². The molecule has 3 nitrogen and oxygen atoms in total. The predicted molar refractivity (Wildman–Crippen MR) is 61.6 cm³/mol. The van der Waals surface area contributed by atoms with Crippen LogP contribution in [-0.4, -0.2) is 25.8 Å². The third-order valence-electron chi connectivity index (χ3n) is 2.19. The van der Waals surface area contributed by atoms with Gasteiger partial charge in [0.05, 0.1) is 18.2 Å². The van der Waals surface area contributed by atoms with Crippen molar-refractivity contribution in [2.24, 2.45) is 0 Å². The molecule has 0 aliphatic rings. The van der Waals surface area contributed by atoms with E-state index in [1.807, 2.05) is 19.1 Å². The molecule has 0 aromatic heterocycles. The Morgan fingerprint density at radius 2 is 2.20 bits per heavy atom. The van der Waals surface area contributed by atoms with Crippen LogP contribution >= 0.6 is 11.6 Å². The third-order valence-corrected chi connectivity index (χ3v) is 2.59. The van der Waals surface area contributed by atoms with Gasteiger partial charge in [0.25, 0.3) is 0 Å². The van der Waals surface area contributed by atoms with Crippen LogP contribution in [0.25, 0.3) is 0 Å². The first-order valence-electron chi connectivity index (χ1n) is 4.76. The van der Waals surface area contributed by atoms with E-state index in [2.05, 4.69) is 5.32 Å². The molecule has 0 heterocycles. The number of aliphatic hydroxyl groups excluding tert-OH is 1. The molecule has 0 fully saturated rings. The Kier molecular flexibility index (Phi) is 4.39. The summed E-state index contributed by atoms with van der Waals surface area (Å²) in [5.41, 5.74) is 1.71. The number of likely N-dealkylation sites (N-methyl/N-ethyl adjacent to an activating group) is 1. The molecule has 1 aromatic carbocycles. The number of halogens is 1. The van der Waals surface area contributed by atoms with Crippen molar-refractivity contribution >= 4 is 11.6 Å².